The summed E-state index contributed by atoms with van der Waals surface area (Å²) in [5, 5.41) is 18.0. The lowest BCUT2D eigenvalue weighted by Gasteiger charge is -2.41. The highest BCUT2D eigenvalue weighted by Gasteiger charge is 2.42. The van der Waals surface area contributed by atoms with Gasteiger partial charge in [-0.05, 0) is 50.2 Å². The van der Waals surface area contributed by atoms with Crippen molar-refractivity contribution in [3.63, 3.8) is 0 Å². The van der Waals surface area contributed by atoms with Crippen LogP contribution in [0.4, 0.5) is 20.2 Å². The minimum absolute atomic E-state index is 0.0204. The van der Waals surface area contributed by atoms with Gasteiger partial charge in [-0.2, -0.15) is 8.78 Å². The summed E-state index contributed by atoms with van der Waals surface area (Å²) in [6.07, 6.45) is 1.58. The maximum absolute atomic E-state index is 12.7. The molecular formula is C23H25F2N9O2. The van der Waals surface area contributed by atoms with Crippen LogP contribution in [0, 0.1) is 0 Å². The van der Waals surface area contributed by atoms with Crippen LogP contribution in [-0.2, 0) is 11.3 Å². The van der Waals surface area contributed by atoms with Crippen molar-refractivity contribution in [2.75, 3.05) is 23.7 Å². The average molecular weight is 498 g/mol. The third-order valence-electron chi connectivity index (χ3n) is 6.22. The molecule has 36 heavy (non-hydrogen) atoms. The maximum atomic E-state index is 12.7. The zero-order valence-electron chi connectivity index (χ0n) is 19.2. The molecule has 0 atom stereocenters. The molecule has 13 heteroatoms. The fraction of sp³-hybridized carbons (Fsp3) is 0.304. The van der Waals surface area contributed by atoms with Crippen molar-refractivity contribution in [2.24, 2.45) is 11.6 Å². The Labute approximate surface area is 204 Å². The van der Waals surface area contributed by atoms with Crippen LogP contribution in [0.2, 0.25) is 0 Å². The van der Waals surface area contributed by atoms with Crippen LogP contribution >= 0.6 is 0 Å². The molecule has 11 nitrogen and oxygen atoms in total. The quantitative estimate of drug-likeness (QED) is 0.252. The first kappa shape index (κ1) is 23.6. The minimum Gasteiger partial charge on any atom is -0.415 e. The molecule has 1 fully saturated rings. The highest BCUT2D eigenvalue weighted by atomic mass is 19.3. The standard InChI is InChI=1S/C23H25F2N9O2/c24-19(25)21-33-32-20(36-21)14-1-3-15(29-10-14)11-34(27)12-16(26)13-2-4-17-18(9-13)31-23(22(35)30-17)5-7-28-8-6-23/h1-4,9-10,12,19,28,31H,5-8,11,26-27H2,(H,30,35)/b16-12-. The number of rotatable bonds is 6. The van der Waals surface area contributed by atoms with Crippen molar-refractivity contribution in [2.45, 2.75) is 31.4 Å². The summed E-state index contributed by atoms with van der Waals surface area (Å²) in [5.74, 6) is 5.33. The zero-order chi connectivity index (χ0) is 25.3. The SMILES string of the molecule is N/C(=C\N(N)Cc1ccc(-c2nnc(C(F)F)o2)cn1)c1ccc2c(c1)NC1(CCNCC1)C(=O)N2. The van der Waals surface area contributed by atoms with Crippen LogP contribution < -0.4 is 27.5 Å². The van der Waals surface area contributed by atoms with E-state index in [0.29, 0.717) is 35.5 Å². The Kier molecular flexibility index (Phi) is 6.24. The molecule has 5 rings (SSSR count). The maximum Gasteiger partial charge on any atom is 0.314 e. The van der Waals surface area contributed by atoms with Crippen molar-refractivity contribution in [1.82, 2.24) is 25.5 Å². The molecule has 0 unspecified atom stereocenters. The molecule has 0 saturated carbocycles. The summed E-state index contributed by atoms with van der Waals surface area (Å²) < 4.78 is 30.2. The number of benzene rings is 1. The largest absolute Gasteiger partial charge is 0.415 e. The van der Waals surface area contributed by atoms with Gasteiger partial charge in [0, 0.05) is 18.0 Å². The Hall–Kier alpha value is -4.10. The molecular weight excluding hydrogens is 472 g/mol. The van der Waals surface area contributed by atoms with Crippen molar-refractivity contribution >= 4 is 23.0 Å². The number of amides is 1. The monoisotopic (exact) mass is 497 g/mol. The van der Waals surface area contributed by atoms with Gasteiger partial charge in [0.05, 0.1) is 34.9 Å². The molecule has 0 bridgehead atoms. The molecule has 1 amide bonds. The van der Waals surface area contributed by atoms with Gasteiger partial charge in [-0.15, -0.1) is 10.2 Å². The van der Waals surface area contributed by atoms with E-state index in [1.807, 2.05) is 18.2 Å². The lowest BCUT2D eigenvalue weighted by molar-refractivity contribution is -0.121. The average Bonchev–Trinajstić information content (AvgIpc) is 3.36. The van der Waals surface area contributed by atoms with Gasteiger partial charge in [0.15, 0.2) is 0 Å². The Morgan fingerprint density at radius 3 is 2.69 bits per heavy atom. The van der Waals surface area contributed by atoms with E-state index in [1.54, 1.807) is 18.3 Å². The Bertz CT molecular complexity index is 1290. The molecule has 3 aromatic rings. The number of alkyl halides is 2. The molecule has 1 spiro atoms. The second-order valence-corrected chi connectivity index (χ2v) is 8.71. The van der Waals surface area contributed by atoms with E-state index in [9.17, 15) is 13.6 Å². The van der Waals surface area contributed by atoms with E-state index in [4.69, 9.17) is 16.0 Å². The van der Waals surface area contributed by atoms with Gasteiger partial charge in [0.2, 0.25) is 11.8 Å². The van der Waals surface area contributed by atoms with Gasteiger partial charge < -0.3 is 31.1 Å². The van der Waals surface area contributed by atoms with E-state index < -0.39 is 17.9 Å². The number of aromatic nitrogens is 3. The van der Waals surface area contributed by atoms with Crippen molar-refractivity contribution in [3.05, 3.63) is 59.9 Å². The van der Waals surface area contributed by atoms with Crippen LogP contribution in [0.1, 0.15) is 36.4 Å². The third-order valence-corrected chi connectivity index (χ3v) is 6.22. The molecule has 1 aromatic carbocycles. The smallest absolute Gasteiger partial charge is 0.314 e. The number of anilines is 2. The van der Waals surface area contributed by atoms with Crippen LogP contribution in [0.5, 0.6) is 0 Å². The minimum atomic E-state index is -2.84. The fourth-order valence-corrected chi connectivity index (χ4v) is 4.27. The number of pyridine rings is 1. The van der Waals surface area contributed by atoms with Gasteiger partial charge in [-0.1, -0.05) is 6.07 Å². The summed E-state index contributed by atoms with van der Waals surface area (Å²) in [7, 11) is 0. The number of hydrazine groups is 1. The van der Waals surface area contributed by atoms with Gasteiger partial charge in [-0.3, -0.25) is 9.78 Å². The summed E-state index contributed by atoms with van der Waals surface area (Å²) in [6, 6.07) is 8.82. The first-order chi connectivity index (χ1) is 17.3. The van der Waals surface area contributed by atoms with E-state index in [2.05, 4.69) is 31.1 Å². The predicted molar refractivity (Wildman–Crippen MR) is 128 cm³/mol. The van der Waals surface area contributed by atoms with Crippen LogP contribution in [0.3, 0.4) is 0 Å². The summed E-state index contributed by atoms with van der Waals surface area (Å²) >= 11 is 0. The second kappa shape index (κ2) is 9.51. The highest BCUT2D eigenvalue weighted by Crippen LogP contribution is 2.36. The second-order valence-electron chi connectivity index (χ2n) is 8.71. The number of piperidine rings is 1. The number of fused-ring (bicyclic) bond motifs is 1. The van der Waals surface area contributed by atoms with Gasteiger partial charge in [0.25, 0.3) is 5.89 Å². The molecule has 0 radical (unpaired) electrons. The molecule has 7 N–H and O–H groups in total. The van der Waals surface area contributed by atoms with Gasteiger partial charge in [-0.25, -0.2) is 5.84 Å². The zero-order valence-corrected chi connectivity index (χ0v) is 19.2. The van der Waals surface area contributed by atoms with E-state index >= 15 is 0 Å². The number of nitrogens with two attached hydrogens (primary N) is 2. The molecule has 0 aliphatic carbocycles. The topological polar surface area (TPSA) is 160 Å². The van der Waals surface area contributed by atoms with Crippen LogP contribution in [0.25, 0.3) is 17.2 Å². The first-order valence-electron chi connectivity index (χ1n) is 11.3. The fourth-order valence-electron chi connectivity index (χ4n) is 4.27. The van der Waals surface area contributed by atoms with Crippen molar-refractivity contribution < 1.29 is 18.0 Å². The number of nitrogens with one attached hydrogen (secondary N) is 3. The number of nitrogens with zero attached hydrogens (tertiary/aromatic N) is 4. The number of carbonyl (C=O) groups is 1. The molecule has 2 aliphatic rings. The number of hydrogen-bond acceptors (Lipinski definition) is 10. The Morgan fingerprint density at radius 2 is 2.00 bits per heavy atom. The van der Waals surface area contributed by atoms with Crippen molar-refractivity contribution in [3.8, 4) is 11.5 Å². The Balaban J connectivity index is 1.26. The number of hydrogen-bond donors (Lipinski definition) is 5. The van der Waals surface area contributed by atoms with Gasteiger partial charge in [0.1, 0.15) is 5.54 Å². The van der Waals surface area contributed by atoms with Crippen LogP contribution in [-0.4, -0.2) is 44.7 Å². The normalized spacial score (nSPS) is 17.0. The molecule has 188 valence electrons. The summed E-state index contributed by atoms with van der Waals surface area (Å²) in [5.41, 5.74) is 9.39. The molecule has 2 aromatic heterocycles. The van der Waals surface area contributed by atoms with Gasteiger partial charge >= 0.3 is 6.43 Å². The molecule has 4 heterocycles. The lowest BCUT2D eigenvalue weighted by Crippen LogP contribution is -2.57. The van der Waals surface area contributed by atoms with E-state index in [-0.39, 0.29) is 18.3 Å². The predicted octanol–water partition coefficient (Wildman–Crippen LogP) is 2.19. The molecule has 2 aliphatic heterocycles. The molecule has 1 saturated heterocycles. The van der Waals surface area contributed by atoms with Crippen molar-refractivity contribution in [1.29, 1.82) is 0 Å². The van der Waals surface area contributed by atoms with Crippen LogP contribution in [0.15, 0.2) is 47.1 Å². The Morgan fingerprint density at radius 1 is 1.19 bits per heavy atom. The number of carbonyl (C=O) groups excluding carboxylic acids is 1. The third kappa shape index (κ3) is 4.70. The first-order valence-corrected chi connectivity index (χ1v) is 11.3. The summed E-state index contributed by atoms with van der Waals surface area (Å²) in [6.45, 7) is 1.77. The highest BCUT2D eigenvalue weighted by molar-refractivity contribution is 6.06. The van der Waals surface area contributed by atoms with E-state index in [1.165, 1.54) is 11.2 Å². The number of halogens is 2. The lowest BCUT2D eigenvalue weighted by atomic mass is 9.85. The summed E-state index contributed by atoms with van der Waals surface area (Å²) in [4.78, 5) is 17.0. The van der Waals surface area contributed by atoms with E-state index in [0.717, 1.165) is 24.3 Å².